The van der Waals surface area contributed by atoms with Crippen LogP contribution >= 0.6 is 0 Å². The third-order valence-corrected chi connectivity index (χ3v) is 6.34. The van der Waals surface area contributed by atoms with E-state index in [4.69, 9.17) is 9.72 Å². The van der Waals surface area contributed by atoms with Crippen molar-refractivity contribution < 1.29 is 14.3 Å². The molecule has 4 rings (SSSR count). The van der Waals surface area contributed by atoms with Crippen molar-refractivity contribution in [2.24, 2.45) is 0 Å². The maximum absolute atomic E-state index is 12.9. The molecular formula is C23H29N5O4. The molecule has 1 atom stereocenters. The summed E-state index contributed by atoms with van der Waals surface area (Å²) in [5, 5.41) is 0. The topological polar surface area (TPSA) is 108 Å². The second kappa shape index (κ2) is 10.0. The zero-order chi connectivity index (χ0) is 22.5. The molecule has 0 spiro atoms. The van der Waals surface area contributed by atoms with Crippen molar-refractivity contribution in [2.75, 3.05) is 39.9 Å². The first-order valence-corrected chi connectivity index (χ1v) is 11.1. The highest BCUT2D eigenvalue weighted by atomic mass is 16.5. The molecule has 9 nitrogen and oxygen atoms in total. The fourth-order valence-electron chi connectivity index (χ4n) is 4.60. The molecule has 2 aliphatic heterocycles. The van der Waals surface area contributed by atoms with Crippen molar-refractivity contribution in [3.63, 3.8) is 0 Å². The summed E-state index contributed by atoms with van der Waals surface area (Å²) in [5.41, 5.74) is 1.20. The quantitative estimate of drug-likeness (QED) is 0.757. The molecule has 2 fully saturated rings. The van der Waals surface area contributed by atoms with Crippen molar-refractivity contribution >= 4 is 11.8 Å². The van der Waals surface area contributed by atoms with Crippen molar-refractivity contribution in [1.82, 2.24) is 24.8 Å². The number of nitrogens with zero attached hydrogens (tertiary/aromatic N) is 4. The van der Waals surface area contributed by atoms with Crippen LogP contribution < -0.4 is 5.56 Å². The van der Waals surface area contributed by atoms with Gasteiger partial charge >= 0.3 is 0 Å². The van der Waals surface area contributed by atoms with Gasteiger partial charge in [-0.1, -0.05) is 0 Å². The molecule has 1 N–H and O–H groups in total. The molecular weight excluding hydrogens is 410 g/mol. The summed E-state index contributed by atoms with van der Waals surface area (Å²) < 4.78 is 4.94. The first kappa shape index (κ1) is 22.1. The first-order valence-electron chi connectivity index (χ1n) is 11.1. The molecule has 0 radical (unpaired) electrons. The fourth-order valence-corrected chi connectivity index (χ4v) is 4.60. The van der Waals surface area contributed by atoms with Gasteiger partial charge in [0.2, 0.25) is 5.91 Å². The van der Waals surface area contributed by atoms with E-state index in [1.54, 1.807) is 35.5 Å². The van der Waals surface area contributed by atoms with Gasteiger partial charge in [0, 0.05) is 69.1 Å². The number of carbonyl (C=O) groups excluding carboxylic acids is 2. The predicted octanol–water partition coefficient (Wildman–Crippen LogP) is 1.54. The van der Waals surface area contributed by atoms with Gasteiger partial charge in [-0.15, -0.1) is 0 Å². The van der Waals surface area contributed by atoms with Crippen LogP contribution in [0.1, 0.15) is 59.4 Å². The van der Waals surface area contributed by atoms with E-state index in [9.17, 15) is 14.4 Å². The minimum atomic E-state index is -0.166. The van der Waals surface area contributed by atoms with E-state index in [1.165, 1.54) is 7.11 Å². The zero-order valence-electron chi connectivity index (χ0n) is 18.3. The van der Waals surface area contributed by atoms with Gasteiger partial charge in [0.15, 0.2) is 0 Å². The summed E-state index contributed by atoms with van der Waals surface area (Å²) >= 11 is 0. The van der Waals surface area contributed by atoms with E-state index < -0.39 is 0 Å². The van der Waals surface area contributed by atoms with Crippen LogP contribution in [-0.4, -0.2) is 76.5 Å². The molecule has 4 heterocycles. The molecule has 9 heteroatoms. The molecule has 32 heavy (non-hydrogen) atoms. The van der Waals surface area contributed by atoms with Crippen LogP contribution in [0.3, 0.4) is 0 Å². The first-order chi connectivity index (χ1) is 15.5. The van der Waals surface area contributed by atoms with Crippen LogP contribution in [0, 0.1) is 0 Å². The number of hydrogen-bond donors (Lipinski definition) is 1. The van der Waals surface area contributed by atoms with E-state index in [-0.39, 0.29) is 35.8 Å². The minimum Gasteiger partial charge on any atom is -0.375 e. The normalized spacial score (nSPS) is 19.7. The van der Waals surface area contributed by atoms with E-state index in [0.29, 0.717) is 37.6 Å². The molecule has 0 aromatic carbocycles. The molecule has 0 bridgehead atoms. The van der Waals surface area contributed by atoms with Crippen LogP contribution in [-0.2, 0) is 9.53 Å². The Morgan fingerprint density at radius 2 is 1.84 bits per heavy atom. The molecule has 2 aromatic heterocycles. The molecule has 170 valence electrons. The average Bonchev–Trinajstić information content (AvgIpc) is 2.84. The highest BCUT2D eigenvalue weighted by Gasteiger charge is 2.29. The maximum atomic E-state index is 12.9. The van der Waals surface area contributed by atoms with Crippen molar-refractivity contribution in [2.45, 2.75) is 37.5 Å². The largest absolute Gasteiger partial charge is 0.375 e. The molecule has 2 amide bonds. The van der Waals surface area contributed by atoms with Crippen molar-refractivity contribution in [3.05, 3.63) is 58.0 Å². The predicted molar refractivity (Wildman–Crippen MR) is 117 cm³/mol. The Labute approximate surface area is 186 Å². The standard InChI is InChI=1S/C23H29N5O4/c1-32-15-21(30)27-11-6-16(7-12-27)22-25-19(13-20(29)26-22)18-3-2-10-28(14-18)23(31)17-4-8-24-9-5-17/h4-5,8-9,13,16,18H,2-3,6-7,10-12,14-15H2,1H3,(H,25,26,29)/t18-/m1/s1. The van der Waals surface area contributed by atoms with E-state index in [2.05, 4.69) is 9.97 Å². The minimum absolute atomic E-state index is 0.0117. The lowest BCUT2D eigenvalue weighted by Crippen LogP contribution is -2.41. The smallest absolute Gasteiger partial charge is 0.253 e. The average molecular weight is 440 g/mol. The van der Waals surface area contributed by atoms with Gasteiger partial charge < -0.3 is 19.5 Å². The highest BCUT2D eigenvalue weighted by Crippen LogP contribution is 2.29. The van der Waals surface area contributed by atoms with Gasteiger partial charge in [-0.25, -0.2) is 4.98 Å². The zero-order valence-corrected chi connectivity index (χ0v) is 18.3. The SMILES string of the molecule is COCC(=O)N1CCC(c2nc([C@@H]3CCCN(C(=O)c4ccncc4)C3)cc(=O)[nH]2)CC1. The lowest BCUT2D eigenvalue weighted by atomic mass is 9.92. The summed E-state index contributed by atoms with van der Waals surface area (Å²) in [7, 11) is 1.52. The number of H-pyrrole nitrogens is 1. The van der Waals surface area contributed by atoms with Gasteiger partial charge in [0.05, 0.1) is 5.69 Å². The molecule has 2 aromatic rings. The number of pyridine rings is 1. The molecule has 2 saturated heterocycles. The number of carbonyl (C=O) groups is 2. The maximum Gasteiger partial charge on any atom is 0.253 e. The van der Waals surface area contributed by atoms with Gasteiger partial charge in [-0.2, -0.15) is 0 Å². The molecule has 0 saturated carbocycles. The van der Waals surface area contributed by atoms with Gasteiger partial charge in [-0.05, 0) is 37.8 Å². The number of amides is 2. The second-order valence-corrected chi connectivity index (χ2v) is 8.47. The second-order valence-electron chi connectivity index (χ2n) is 8.47. The number of aromatic amines is 1. The van der Waals surface area contributed by atoms with E-state index in [0.717, 1.165) is 31.4 Å². The summed E-state index contributed by atoms with van der Waals surface area (Å²) in [6.45, 7) is 2.57. The van der Waals surface area contributed by atoms with Crippen molar-refractivity contribution in [1.29, 1.82) is 0 Å². The monoisotopic (exact) mass is 439 g/mol. The Balaban J connectivity index is 1.45. The van der Waals surface area contributed by atoms with Crippen LogP contribution in [0.5, 0.6) is 0 Å². The Kier molecular flexibility index (Phi) is 6.94. The fraction of sp³-hybridized carbons (Fsp3) is 0.522. The highest BCUT2D eigenvalue weighted by molar-refractivity contribution is 5.94. The van der Waals surface area contributed by atoms with Gasteiger partial charge in [-0.3, -0.25) is 19.4 Å². The van der Waals surface area contributed by atoms with Crippen LogP contribution in [0.25, 0.3) is 0 Å². The third kappa shape index (κ3) is 5.04. The molecule has 0 unspecified atom stereocenters. The number of methoxy groups -OCH3 is 1. The van der Waals surface area contributed by atoms with Gasteiger partial charge in [0.25, 0.3) is 11.5 Å². The summed E-state index contributed by atoms with van der Waals surface area (Å²) in [5.74, 6) is 0.785. The number of hydrogen-bond acceptors (Lipinski definition) is 6. The Morgan fingerprint density at radius 1 is 1.09 bits per heavy atom. The number of nitrogens with one attached hydrogen (secondary N) is 1. The third-order valence-electron chi connectivity index (χ3n) is 6.34. The Morgan fingerprint density at radius 3 is 2.56 bits per heavy atom. The number of piperidine rings is 2. The summed E-state index contributed by atoms with van der Waals surface area (Å²) in [4.78, 5) is 52.7. The van der Waals surface area contributed by atoms with Crippen LogP contribution in [0.4, 0.5) is 0 Å². The number of aromatic nitrogens is 3. The molecule has 2 aliphatic rings. The Hall–Kier alpha value is -3.07. The molecule has 0 aliphatic carbocycles. The number of rotatable bonds is 5. The van der Waals surface area contributed by atoms with E-state index >= 15 is 0 Å². The van der Waals surface area contributed by atoms with E-state index in [1.807, 2.05) is 4.90 Å². The summed E-state index contributed by atoms with van der Waals surface area (Å²) in [6.07, 6.45) is 6.49. The lowest BCUT2D eigenvalue weighted by Gasteiger charge is -2.33. The summed E-state index contributed by atoms with van der Waals surface area (Å²) in [6, 6.07) is 5.00. The van der Waals surface area contributed by atoms with Crippen molar-refractivity contribution in [3.8, 4) is 0 Å². The van der Waals surface area contributed by atoms with Crippen LogP contribution in [0.15, 0.2) is 35.4 Å². The van der Waals surface area contributed by atoms with Crippen LogP contribution in [0.2, 0.25) is 0 Å². The number of ether oxygens (including phenoxy) is 1. The van der Waals surface area contributed by atoms with Gasteiger partial charge in [0.1, 0.15) is 12.4 Å². The lowest BCUT2D eigenvalue weighted by molar-refractivity contribution is -0.136. The number of likely N-dealkylation sites (tertiary alicyclic amines) is 2. The Bertz CT molecular complexity index is 1000.